The second-order valence-electron chi connectivity index (χ2n) is 6.34. The molecule has 7 nitrogen and oxygen atoms in total. The third-order valence-corrected chi connectivity index (χ3v) is 6.35. The fourth-order valence-corrected chi connectivity index (χ4v) is 4.73. The van der Waals surface area contributed by atoms with E-state index in [1.54, 1.807) is 0 Å². The van der Waals surface area contributed by atoms with Crippen molar-refractivity contribution in [3.63, 3.8) is 0 Å². The Hall–Kier alpha value is -1.71. The van der Waals surface area contributed by atoms with Crippen molar-refractivity contribution in [1.29, 1.82) is 0 Å². The van der Waals surface area contributed by atoms with E-state index in [-0.39, 0.29) is 29.6 Å². The lowest BCUT2D eigenvalue weighted by Gasteiger charge is -2.31. The number of methoxy groups -OCH3 is 1. The Labute approximate surface area is 159 Å². The number of hydrogen-bond acceptors (Lipinski definition) is 5. The van der Waals surface area contributed by atoms with Crippen LogP contribution < -0.4 is 10.1 Å². The third-order valence-electron chi connectivity index (χ3n) is 4.47. The number of piperidine rings is 1. The molecule has 0 spiro atoms. The topological polar surface area (TPSA) is 84.9 Å². The first-order valence-electron chi connectivity index (χ1n) is 9.09. The molecule has 1 aliphatic heterocycles. The summed E-state index contributed by atoms with van der Waals surface area (Å²) in [5.41, 5.74) is 0. The molecule has 0 radical (unpaired) electrons. The quantitative estimate of drug-likeness (QED) is 0.637. The summed E-state index contributed by atoms with van der Waals surface area (Å²) in [5.74, 6) is -1.17. The van der Waals surface area contributed by atoms with Crippen LogP contribution in [0.15, 0.2) is 23.1 Å². The van der Waals surface area contributed by atoms with Gasteiger partial charge in [-0.3, -0.25) is 4.79 Å². The molecule has 1 saturated heterocycles. The molecule has 2 rings (SSSR count). The molecule has 0 aliphatic carbocycles. The van der Waals surface area contributed by atoms with Crippen LogP contribution in [0.2, 0.25) is 0 Å². The molecule has 1 aliphatic rings. The van der Waals surface area contributed by atoms with Crippen molar-refractivity contribution in [2.45, 2.75) is 31.1 Å². The minimum absolute atomic E-state index is 0.0687. The van der Waals surface area contributed by atoms with Gasteiger partial charge in [0.1, 0.15) is 16.5 Å². The molecule has 27 heavy (non-hydrogen) atoms. The predicted octanol–water partition coefficient (Wildman–Crippen LogP) is 1.78. The molecule has 1 N–H and O–H groups in total. The van der Waals surface area contributed by atoms with Crippen molar-refractivity contribution in [2.24, 2.45) is 5.92 Å². The first-order chi connectivity index (χ1) is 12.9. The number of ether oxygens (including phenoxy) is 2. The first-order valence-corrected chi connectivity index (χ1v) is 10.5. The zero-order valence-corrected chi connectivity index (χ0v) is 16.6. The van der Waals surface area contributed by atoms with Gasteiger partial charge in [-0.2, -0.15) is 4.31 Å². The van der Waals surface area contributed by atoms with Gasteiger partial charge >= 0.3 is 0 Å². The number of hydrogen-bond donors (Lipinski definition) is 1. The predicted molar refractivity (Wildman–Crippen MR) is 98.6 cm³/mol. The molecule has 0 aromatic heterocycles. The lowest BCUT2D eigenvalue weighted by atomic mass is 9.99. The van der Waals surface area contributed by atoms with Crippen LogP contribution in [-0.4, -0.2) is 58.6 Å². The summed E-state index contributed by atoms with van der Waals surface area (Å²) in [6.45, 7) is 3.95. The van der Waals surface area contributed by atoms with Gasteiger partial charge in [0.05, 0.1) is 13.0 Å². The minimum atomic E-state index is -3.96. The van der Waals surface area contributed by atoms with E-state index in [1.807, 2.05) is 6.92 Å². The maximum absolute atomic E-state index is 13.6. The lowest BCUT2D eigenvalue weighted by molar-refractivity contribution is -0.126. The van der Waals surface area contributed by atoms with E-state index in [0.29, 0.717) is 39.0 Å². The summed E-state index contributed by atoms with van der Waals surface area (Å²) >= 11 is 0. The number of nitrogens with one attached hydrogen (secondary N) is 1. The fourth-order valence-electron chi connectivity index (χ4n) is 3.04. The second kappa shape index (κ2) is 10.0. The van der Waals surface area contributed by atoms with Crippen molar-refractivity contribution in [3.8, 4) is 5.75 Å². The fraction of sp³-hybridized carbons (Fsp3) is 0.611. The van der Waals surface area contributed by atoms with Gasteiger partial charge in [-0.15, -0.1) is 0 Å². The van der Waals surface area contributed by atoms with Gasteiger partial charge in [0.15, 0.2) is 0 Å². The molecule has 0 bridgehead atoms. The van der Waals surface area contributed by atoms with Crippen molar-refractivity contribution in [2.75, 3.05) is 40.0 Å². The van der Waals surface area contributed by atoms with E-state index in [2.05, 4.69) is 5.32 Å². The van der Waals surface area contributed by atoms with Crippen LogP contribution >= 0.6 is 0 Å². The molecule has 152 valence electrons. The van der Waals surface area contributed by atoms with Crippen LogP contribution in [0.1, 0.15) is 26.2 Å². The van der Waals surface area contributed by atoms with E-state index >= 15 is 0 Å². The third kappa shape index (κ3) is 5.63. The van der Waals surface area contributed by atoms with E-state index < -0.39 is 21.8 Å². The summed E-state index contributed by atoms with van der Waals surface area (Å²) < 4.78 is 51.0. The Morgan fingerprint density at radius 3 is 2.89 bits per heavy atom. The molecule has 0 saturated carbocycles. The molecule has 0 unspecified atom stereocenters. The van der Waals surface area contributed by atoms with Gasteiger partial charge in [0.2, 0.25) is 15.9 Å². The Morgan fingerprint density at radius 2 is 2.19 bits per heavy atom. The maximum atomic E-state index is 13.6. The normalized spacial score (nSPS) is 18.3. The van der Waals surface area contributed by atoms with Crippen LogP contribution in [0.25, 0.3) is 0 Å². The summed E-state index contributed by atoms with van der Waals surface area (Å²) in [7, 11) is -2.62. The highest BCUT2D eigenvalue weighted by molar-refractivity contribution is 7.89. The smallest absolute Gasteiger partial charge is 0.246 e. The Balaban J connectivity index is 2.04. The number of amides is 1. The van der Waals surface area contributed by atoms with Crippen LogP contribution in [0.4, 0.5) is 4.39 Å². The molecule has 1 amide bonds. The SMILES string of the molecule is CCOCCCNC(=O)[C@H]1CCCN(S(=O)(=O)c2cc(F)ccc2OC)C1. The molecule has 1 fully saturated rings. The van der Waals surface area contributed by atoms with Crippen LogP contribution in [0, 0.1) is 11.7 Å². The average Bonchev–Trinajstić information content (AvgIpc) is 2.67. The average molecular weight is 402 g/mol. The van der Waals surface area contributed by atoms with E-state index in [4.69, 9.17) is 9.47 Å². The highest BCUT2D eigenvalue weighted by Crippen LogP contribution is 2.30. The highest BCUT2D eigenvalue weighted by atomic mass is 32.2. The minimum Gasteiger partial charge on any atom is -0.495 e. The van der Waals surface area contributed by atoms with Crippen molar-refractivity contribution < 1.29 is 27.1 Å². The van der Waals surface area contributed by atoms with E-state index in [9.17, 15) is 17.6 Å². The van der Waals surface area contributed by atoms with Crippen molar-refractivity contribution in [1.82, 2.24) is 9.62 Å². The summed E-state index contributed by atoms with van der Waals surface area (Å²) in [6, 6.07) is 3.38. The van der Waals surface area contributed by atoms with Crippen LogP contribution in [0.5, 0.6) is 5.75 Å². The van der Waals surface area contributed by atoms with Gasteiger partial charge in [0.25, 0.3) is 0 Å². The second-order valence-corrected chi connectivity index (χ2v) is 8.25. The Bertz CT molecular complexity index is 741. The highest BCUT2D eigenvalue weighted by Gasteiger charge is 2.35. The molecular weight excluding hydrogens is 375 g/mol. The maximum Gasteiger partial charge on any atom is 0.246 e. The molecular formula is C18H27FN2O5S. The number of sulfonamides is 1. The van der Waals surface area contributed by atoms with Gasteiger partial charge in [0, 0.05) is 32.8 Å². The van der Waals surface area contributed by atoms with Gasteiger partial charge < -0.3 is 14.8 Å². The molecule has 9 heteroatoms. The van der Waals surface area contributed by atoms with Gasteiger partial charge in [-0.05, 0) is 44.4 Å². The Kier molecular flexibility index (Phi) is 8.00. The van der Waals surface area contributed by atoms with E-state index in [1.165, 1.54) is 17.5 Å². The lowest BCUT2D eigenvalue weighted by Crippen LogP contribution is -2.45. The number of carbonyl (C=O) groups is 1. The molecule has 1 heterocycles. The zero-order valence-electron chi connectivity index (χ0n) is 15.7. The van der Waals surface area contributed by atoms with Gasteiger partial charge in [-0.1, -0.05) is 0 Å². The number of carbonyl (C=O) groups excluding carboxylic acids is 1. The molecule has 1 aromatic carbocycles. The van der Waals surface area contributed by atoms with Crippen molar-refractivity contribution >= 4 is 15.9 Å². The van der Waals surface area contributed by atoms with Crippen molar-refractivity contribution in [3.05, 3.63) is 24.0 Å². The Morgan fingerprint density at radius 1 is 1.41 bits per heavy atom. The zero-order chi connectivity index (χ0) is 19.9. The van der Waals surface area contributed by atoms with Gasteiger partial charge in [-0.25, -0.2) is 12.8 Å². The van der Waals surface area contributed by atoms with E-state index in [0.717, 1.165) is 12.1 Å². The standard InChI is InChI=1S/C18H27FN2O5S/c1-3-26-11-5-9-20-18(22)14-6-4-10-21(13-14)27(23,24)17-12-15(19)7-8-16(17)25-2/h7-8,12,14H,3-6,9-11,13H2,1-2H3,(H,20,22)/t14-/m0/s1. The number of nitrogens with zero attached hydrogens (tertiary/aromatic N) is 1. The number of halogens is 1. The molecule has 1 aromatic rings. The largest absolute Gasteiger partial charge is 0.495 e. The number of rotatable bonds is 9. The summed E-state index contributed by atoms with van der Waals surface area (Å²) in [4.78, 5) is 12.1. The first kappa shape index (κ1) is 21.6. The summed E-state index contributed by atoms with van der Waals surface area (Å²) in [5, 5.41) is 2.83. The van der Waals surface area contributed by atoms with Crippen LogP contribution in [-0.2, 0) is 19.6 Å². The monoisotopic (exact) mass is 402 g/mol. The summed E-state index contributed by atoms with van der Waals surface area (Å²) in [6.07, 6.45) is 1.88. The number of benzene rings is 1. The van der Waals surface area contributed by atoms with Crippen LogP contribution in [0.3, 0.4) is 0 Å². The molecule has 1 atom stereocenters.